The smallest absolute Gasteiger partial charge is 0.294 e. The van der Waals surface area contributed by atoms with E-state index in [1.54, 1.807) is 12.1 Å². The fourth-order valence-corrected chi connectivity index (χ4v) is 3.79. The van der Waals surface area contributed by atoms with Crippen molar-refractivity contribution in [1.82, 2.24) is 10.3 Å². The normalized spacial score (nSPS) is 21.5. The molecule has 0 aliphatic carbocycles. The van der Waals surface area contributed by atoms with Gasteiger partial charge in [-0.05, 0) is 44.5 Å². The minimum atomic E-state index is -4.02. The van der Waals surface area contributed by atoms with Crippen molar-refractivity contribution in [2.24, 2.45) is 5.92 Å². The molecule has 3 heterocycles. The van der Waals surface area contributed by atoms with Crippen LogP contribution in [0.4, 0.5) is 5.69 Å². The number of hydrogen-bond donors (Lipinski definition) is 2. The van der Waals surface area contributed by atoms with Gasteiger partial charge in [0, 0.05) is 37.3 Å². The molecular formula is C19H25N3O3S. The Hall–Kier alpha value is -1.96. The molecule has 0 spiro atoms. The third kappa shape index (κ3) is 4.06. The number of anilines is 1. The first-order chi connectivity index (χ1) is 12.3. The fraction of sp³-hybridized carbons (Fsp3) is 0.421. The van der Waals surface area contributed by atoms with Crippen molar-refractivity contribution in [3.05, 3.63) is 53.3 Å². The molecule has 1 aromatic carbocycles. The van der Waals surface area contributed by atoms with Crippen molar-refractivity contribution >= 4 is 15.8 Å². The predicted octanol–water partition coefficient (Wildman–Crippen LogP) is 2.35. The second-order valence-corrected chi connectivity index (χ2v) is 8.44. The Morgan fingerprint density at radius 3 is 2.42 bits per heavy atom. The van der Waals surface area contributed by atoms with E-state index in [2.05, 4.69) is 35.1 Å². The summed E-state index contributed by atoms with van der Waals surface area (Å²) < 4.78 is 29.6. The number of benzene rings is 1. The summed E-state index contributed by atoms with van der Waals surface area (Å²) in [7, 11) is -4.02. The summed E-state index contributed by atoms with van der Waals surface area (Å²) in [5, 5.41) is 3.45. The van der Waals surface area contributed by atoms with Gasteiger partial charge in [0.15, 0.2) is 0 Å². The molecule has 2 fully saturated rings. The fourth-order valence-electron chi connectivity index (χ4n) is 3.31. The Morgan fingerprint density at radius 2 is 1.85 bits per heavy atom. The SMILES string of the molecule is Cc1cc(N2C[C@H]3CNC[C@H]32)cnc1C.Cc1ccc(S(=O)(=O)O)cc1. The van der Waals surface area contributed by atoms with Gasteiger partial charge in [-0.2, -0.15) is 8.42 Å². The van der Waals surface area contributed by atoms with Gasteiger partial charge in [-0.15, -0.1) is 0 Å². The lowest BCUT2D eigenvalue weighted by Crippen LogP contribution is -2.55. The molecule has 0 amide bonds. The second-order valence-electron chi connectivity index (χ2n) is 7.02. The van der Waals surface area contributed by atoms with Crippen LogP contribution in [0.25, 0.3) is 0 Å². The summed E-state index contributed by atoms with van der Waals surface area (Å²) in [5.74, 6) is 0.867. The number of fused-ring (bicyclic) bond motifs is 1. The Kier molecular flexibility index (Phi) is 5.32. The van der Waals surface area contributed by atoms with Crippen LogP contribution >= 0.6 is 0 Å². The average Bonchev–Trinajstić information content (AvgIpc) is 2.92. The minimum absolute atomic E-state index is 0.0666. The van der Waals surface area contributed by atoms with E-state index >= 15 is 0 Å². The lowest BCUT2D eigenvalue weighted by molar-refractivity contribution is 0.365. The van der Waals surface area contributed by atoms with Crippen LogP contribution in [-0.2, 0) is 10.1 Å². The predicted molar refractivity (Wildman–Crippen MR) is 102 cm³/mol. The number of hydrogen-bond acceptors (Lipinski definition) is 5. The number of aromatic nitrogens is 1. The first-order valence-corrected chi connectivity index (χ1v) is 10.1. The zero-order valence-electron chi connectivity index (χ0n) is 15.3. The maximum atomic E-state index is 10.5. The largest absolute Gasteiger partial charge is 0.365 e. The first kappa shape index (κ1) is 18.8. The molecule has 2 atom stereocenters. The van der Waals surface area contributed by atoms with Crippen molar-refractivity contribution in [3.8, 4) is 0 Å². The third-order valence-corrected chi connectivity index (χ3v) is 5.98. The van der Waals surface area contributed by atoms with Gasteiger partial charge in [-0.1, -0.05) is 17.7 Å². The summed E-state index contributed by atoms with van der Waals surface area (Å²) in [6.07, 6.45) is 2.01. The molecular weight excluding hydrogens is 350 g/mol. The molecule has 0 unspecified atom stereocenters. The molecule has 0 bridgehead atoms. The van der Waals surface area contributed by atoms with Crippen LogP contribution in [0, 0.1) is 26.7 Å². The molecule has 2 aromatic rings. The zero-order chi connectivity index (χ0) is 18.9. The summed E-state index contributed by atoms with van der Waals surface area (Å²) in [5.41, 5.74) is 4.68. The van der Waals surface area contributed by atoms with Crippen LogP contribution in [0.5, 0.6) is 0 Å². The van der Waals surface area contributed by atoms with Crippen LogP contribution in [0.3, 0.4) is 0 Å². The summed E-state index contributed by atoms with van der Waals surface area (Å²) >= 11 is 0. The molecule has 26 heavy (non-hydrogen) atoms. The molecule has 2 aliphatic rings. The lowest BCUT2D eigenvalue weighted by atomic mass is 9.91. The minimum Gasteiger partial charge on any atom is -0.365 e. The van der Waals surface area contributed by atoms with E-state index in [0.717, 1.165) is 23.7 Å². The van der Waals surface area contributed by atoms with E-state index in [1.807, 2.05) is 13.1 Å². The summed E-state index contributed by atoms with van der Waals surface area (Å²) in [6.45, 7) is 9.57. The first-order valence-electron chi connectivity index (χ1n) is 8.70. The van der Waals surface area contributed by atoms with E-state index in [1.165, 1.54) is 36.5 Å². The monoisotopic (exact) mass is 375 g/mol. The standard InChI is InChI=1S/C12H17N3.C7H8O3S/c1-8-3-11(5-14-9(8)2)15-7-10-4-13-6-12(10)15;1-6-2-4-7(5-3-6)11(8,9)10/h3,5,10,12-13H,4,6-7H2,1-2H3;2-5H,1H3,(H,8,9,10)/t10-,12-;/m1./s1. The Morgan fingerprint density at radius 1 is 1.15 bits per heavy atom. The number of rotatable bonds is 2. The Labute approximate surface area is 155 Å². The molecule has 7 heteroatoms. The quantitative estimate of drug-likeness (QED) is 0.784. The van der Waals surface area contributed by atoms with Crippen molar-refractivity contribution < 1.29 is 13.0 Å². The van der Waals surface area contributed by atoms with Gasteiger partial charge < -0.3 is 10.2 Å². The molecule has 0 saturated carbocycles. The number of aryl methyl sites for hydroxylation is 3. The van der Waals surface area contributed by atoms with Crippen molar-refractivity contribution in [2.75, 3.05) is 24.5 Å². The molecule has 2 aliphatic heterocycles. The van der Waals surface area contributed by atoms with Crippen molar-refractivity contribution in [1.29, 1.82) is 0 Å². The number of nitrogens with zero attached hydrogens (tertiary/aromatic N) is 2. The van der Waals surface area contributed by atoms with E-state index < -0.39 is 10.1 Å². The van der Waals surface area contributed by atoms with Gasteiger partial charge in [0.05, 0.1) is 16.8 Å². The molecule has 6 nitrogen and oxygen atoms in total. The van der Waals surface area contributed by atoms with Gasteiger partial charge in [0.2, 0.25) is 0 Å². The van der Waals surface area contributed by atoms with Gasteiger partial charge >= 0.3 is 0 Å². The van der Waals surface area contributed by atoms with Gasteiger partial charge in [-0.25, -0.2) is 0 Å². The highest BCUT2D eigenvalue weighted by Crippen LogP contribution is 2.33. The van der Waals surface area contributed by atoms with Gasteiger partial charge in [0.25, 0.3) is 10.1 Å². The molecule has 4 rings (SSSR count). The van der Waals surface area contributed by atoms with E-state index in [0.29, 0.717) is 6.04 Å². The van der Waals surface area contributed by atoms with Crippen molar-refractivity contribution in [3.63, 3.8) is 0 Å². The summed E-state index contributed by atoms with van der Waals surface area (Å²) in [4.78, 5) is 6.84. The maximum absolute atomic E-state index is 10.5. The van der Waals surface area contributed by atoms with Gasteiger partial charge in [-0.3, -0.25) is 9.54 Å². The molecule has 2 N–H and O–H groups in total. The molecule has 1 aromatic heterocycles. The number of pyridine rings is 1. The Balaban J connectivity index is 0.000000160. The lowest BCUT2D eigenvalue weighted by Gasteiger charge is -2.45. The molecule has 140 valence electrons. The second kappa shape index (κ2) is 7.34. The van der Waals surface area contributed by atoms with Crippen LogP contribution in [0.15, 0.2) is 41.4 Å². The molecule has 0 radical (unpaired) electrons. The van der Waals surface area contributed by atoms with Crippen molar-refractivity contribution in [2.45, 2.75) is 31.7 Å². The maximum Gasteiger partial charge on any atom is 0.294 e. The molecule has 2 saturated heterocycles. The average molecular weight is 375 g/mol. The highest BCUT2D eigenvalue weighted by molar-refractivity contribution is 7.85. The highest BCUT2D eigenvalue weighted by Gasteiger charge is 2.42. The van der Waals surface area contributed by atoms with E-state index in [9.17, 15) is 8.42 Å². The zero-order valence-corrected chi connectivity index (χ0v) is 16.1. The summed E-state index contributed by atoms with van der Waals surface area (Å²) in [6, 6.07) is 8.97. The van der Waals surface area contributed by atoms with Crippen LogP contribution in [0.1, 0.15) is 16.8 Å². The highest BCUT2D eigenvalue weighted by atomic mass is 32.2. The van der Waals surface area contributed by atoms with Gasteiger partial charge in [0.1, 0.15) is 0 Å². The topological polar surface area (TPSA) is 82.5 Å². The van der Waals surface area contributed by atoms with E-state index in [4.69, 9.17) is 4.55 Å². The third-order valence-electron chi connectivity index (χ3n) is 5.11. The van der Waals surface area contributed by atoms with Crippen LogP contribution in [0.2, 0.25) is 0 Å². The Bertz CT molecular complexity index is 881. The number of nitrogens with one attached hydrogen (secondary N) is 1. The van der Waals surface area contributed by atoms with Crippen LogP contribution in [-0.4, -0.2) is 43.6 Å². The van der Waals surface area contributed by atoms with Crippen LogP contribution < -0.4 is 10.2 Å². The van der Waals surface area contributed by atoms with E-state index in [-0.39, 0.29) is 4.90 Å².